The summed E-state index contributed by atoms with van der Waals surface area (Å²) in [6.45, 7) is 1.99. The number of piperidine rings is 1. The summed E-state index contributed by atoms with van der Waals surface area (Å²) in [7, 11) is 0. The van der Waals surface area contributed by atoms with Crippen LogP contribution in [0.2, 0.25) is 0 Å². The van der Waals surface area contributed by atoms with Crippen LogP contribution in [0, 0.1) is 11.7 Å². The van der Waals surface area contributed by atoms with Crippen LogP contribution in [-0.4, -0.2) is 47.3 Å². The fourth-order valence-corrected chi connectivity index (χ4v) is 4.69. The van der Waals surface area contributed by atoms with E-state index in [1.165, 1.54) is 6.07 Å². The number of likely N-dealkylation sites (tertiary alicyclic amines) is 2. The number of amides is 2. The van der Waals surface area contributed by atoms with E-state index in [1.807, 2.05) is 52.3 Å². The fourth-order valence-electron chi connectivity index (χ4n) is 4.69. The Morgan fingerprint density at radius 3 is 2.48 bits per heavy atom. The summed E-state index contributed by atoms with van der Waals surface area (Å²) in [4.78, 5) is 29.5. The summed E-state index contributed by atoms with van der Waals surface area (Å²) in [5.74, 6) is -0.0623. The molecule has 0 radical (unpaired) electrons. The van der Waals surface area contributed by atoms with Crippen molar-refractivity contribution in [2.24, 2.45) is 5.92 Å². The van der Waals surface area contributed by atoms with Crippen LogP contribution in [0.25, 0.3) is 6.08 Å². The van der Waals surface area contributed by atoms with Gasteiger partial charge in [-0.2, -0.15) is 0 Å². The highest BCUT2D eigenvalue weighted by Crippen LogP contribution is 2.27. The van der Waals surface area contributed by atoms with Crippen LogP contribution >= 0.6 is 0 Å². The standard InChI is InChI=1S/C26H29FN2O2/c27-23-9-4-8-21(18-23)19-24-10-5-15-29(24)26(31)22-13-16-28(17-14-22)25(30)12-11-20-6-2-1-3-7-20/h1-4,6-9,11-12,18,22,24H,5,10,13-17,19H2/b12-11-/t24-/m1/s1. The molecule has 2 amide bonds. The lowest BCUT2D eigenvalue weighted by Gasteiger charge is -2.34. The first-order valence-corrected chi connectivity index (χ1v) is 11.2. The van der Waals surface area contributed by atoms with E-state index < -0.39 is 0 Å². The predicted octanol–water partition coefficient (Wildman–Crippen LogP) is 4.31. The topological polar surface area (TPSA) is 40.6 Å². The van der Waals surface area contributed by atoms with Gasteiger partial charge in [0.25, 0.3) is 0 Å². The van der Waals surface area contributed by atoms with Crippen molar-refractivity contribution >= 4 is 17.9 Å². The quantitative estimate of drug-likeness (QED) is 0.677. The monoisotopic (exact) mass is 420 g/mol. The average molecular weight is 421 g/mol. The third-order valence-corrected chi connectivity index (χ3v) is 6.39. The van der Waals surface area contributed by atoms with Crippen LogP contribution in [0.3, 0.4) is 0 Å². The number of benzene rings is 2. The van der Waals surface area contributed by atoms with E-state index in [0.717, 1.165) is 30.5 Å². The van der Waals surface area contributed by atoms with Gasteiger partial charge in [-0.25, -0.2) is 4.39 Å². The van der Waals surface area contributed by atoms with Gasteiger partial charge in [-0.15, -0.1) is 0 Å². The van der Waals surface area contributed by atoms with E-state index in [9.17, 15) is 14.0 Å². The Balaban J connectivity index is 1.30. The minimum atomic E-state index is -0.230. The van der Waals surface area contributed by atoms with Gasteiger partial charge in [-0.3, -0.25) is 9.59 Å². The van der Waals surface area contributed by atoms with E-state index in [0.29, 0.717) is 32.4 Å². The van der Waals surface area contributed by atoms with Crippen molar-refractivity contribution in [3.63, 3.8) is 0 Å². The number of hydrogen-bond donors (Lipinski definition) is 0. The Hall–Kier alpha value is -2.95. The number of carbonyl (C=O) groups excluding carboxylic acids is 2. The molecule has 162 valence electrons. The van der Waals surface area contributed by atoms with Crippen molar-refractivity contribution in [2.75, 3.05) is 19.6 Å². The first kappa shape index (κ1) is 21.3. The van der Waals surface area contributed by atoms with Crippen LogP contribution in [0.4, 0.5) is 4.39 Å². The molecular formula is C26H29FN2O2. The Bertz CT molecular complexity index is 935. The molecular weight excluding hydrogens is 391 g/mol. The van der Waals surface area contributed by atoms with Crippen molar-refractivity contribution < 1.29 is 14.0 Å². The van der Waals surface area contributed by atoms with E-state index in [4.69, 9.17) is 0 Å². The molecule has 2 aliphatic rings. The third kappa shape index (κ3) is 5.40. The molecule has 0 saturated carbocycles. The zero-order chi connectivity index (χ0) is 21.6. The number of rotatable bonds is 5. The van der Waals surface area contributed by atoms with Gasteiger partial charge in [-0.05, 0) is 61.4 Å². The summed E-state index contributed by atoms with van der Waals surface area (Å²) < 4.78 is 13.5. The molecule has 2 heterocycles. The van der Waals surface area contributed by atoms with E-state index in [1.54, 1.807) is 18.2 Å². The SMILES string of the molecule is O=C(/C=C\c1ccccc1)N1CCC(C(=O)N2CCC[C@@H]2Cc2cccc(F)c2)CC1. The molecule has 4 rings (SSSR count). The largest absolute Gasteiger partial charge is 0.339 e. The molecule has 0 bridgehead atoms. The number of carbonyl (C=O) groups is 2. The van der Waals surface area contributed by atoms with Gasteiger partial charge in [0.1, 0.15) is 5.82 Å². The highest BCUT2D eigenvalue weighted by atomic mass is 19.1. The summed E-state index contributed by atoms with van der Waals surface area (Å²) in [6, 6.07) is 16.6. The number of hydrogen-bond acceptors (Lipinski definition) is 2. The lowest BCUT2D eigenvalue weighted by Crippen LogP contribution is -2.45. The van der Waals surface area contributed by atoms with Crippen LogP contribution in [0.1, 0.15) is 36.8 Å². The summed E-state index contributed by atoms with van der Waals surface area (Å²) in [5.41, 5.74) is 1.94. The lowest BCUT2D eigenvalue weighted by atomic mass is 9.94. The third-order valence-electron chi connectivity index (χ3n) is 6.39. The molecule has 2 saturated heterocycles. The van der Waals surface area contributed by atoms with Crippen molar-refractivity contribution in [1.82, 2.24) is 9.80 Å². The van der Waals surface area contributed by atoms with Gasteiger partial charge in [0.05, 0.1) is 0 Å². The lowest BCUT2D eigenvalue weighted by molar-refractivity contribution is -0.140. The summed E-state index contributed by atoms with van der Waals surface area (Å²) in [5, 5.41) is 0. The van der Waals surface area contributed by atoms with Crippen LogP contribution < -0.4 is 0 Å². The number of halogens is 1. The highest BCUT2D eigenvalue weighted by molar-refractivity contribution is 5.92. The summed E-state index contributed by atoms with van der Waals surface area (Å²) >= 11 is 0. The molecule has 0 aliphatic carbocycles. The first-order chi connectivity index (χ1) is 15.1. The molecule has 0 N–H and O–H groups in total. The highest BCUT2D eigenvalue weighted by Gasteiger charge is 2.35. The zero-order valence-electron chi connectivity index (χ0n) is 17.8. The first-order valence-electron chi connectivity index (χ1n) is 11.2. The van der Waals surface area contributed by atoms with Gasteiger partial charge in [0.2, 0.25) is 11.8 Å². The molecule has 2 fully saturated rings. The molecule has 0 aromatic heterocycles. The average Bonchev–Trinajstić information content (AvgIpc) is 3.26. The van der Waals surface area contributed by atoms with Crippen molar-refractivity contribution in [2.45, 2.75) is 38.1 Å². The molecule has 2 aromatic carbocycles. The second-order valence-electron chi connectivity index (χ2n) is 8.51. The molecule has 31 heavy (non-hydrogen) atoms. The molecule has 2 aliphatic heterocycles. The second kappa shape index (κ2) is 9.90. The maximum Gasteiger partial charge on any atom is 0.246 e. The molecule has 1 atom stereocenters. The maximum atomic E-state index is 13.5. The van der Waals surface area contributed by atoms with Gasteiger partial charge >= 0.3 is 0 Å². The smallest absolute Gasteiger partial charge is 0.246 e. The predicted molar refractivity (Wildman–Crippen MR) is 120 cm³/mol. The van der Waals surface area contributed by atoms with Crippen molar-refractivity contribution in [3.8, 4) is 0 Å². The maximum absolute atomic E-state index is 13.5. The van der Waals surface area contributed by atoms with Gasteiger partial charge in [0.15, 0.2) is 0 Å². The normalized spacial score (nSPS) is 19.8. The summed E-state index contributed by atoms with van der Waals surface area (Å²) in [6.07, 6.45) is 7.51. The Kier molecular flexibility index (Phi) is 6.80. The van der Waals surface area contributed by atoms with Crippen molar-refractivity contribution in [3.05, 3.63) is 77.6 Å². The fraction of sp³-hybridized carbons (Fsp3) is 0.385. The van der Waals surface area contributed by atoms with Crippen LogP contribution in [0.15, 0.2) is 60.7 Å². The van der Waals surface area contributed by atoms with Gasteiger partial charge in [0, 0.05) is 37.7 Å². The van der Waals surface area contributed by atoms with Crippen LogP contribution in [-0.2, 0) is 16.0 Å². The zero-order valence-corrected chi connectivity index (χ0v) is 17.8. The Morgan fingerprint density at radius 1 is 0.968 bits per heavy atom. The van der Waals surface area contributed by atoms with E-state index in [2.05, 4.69) is 0 Å². The van der Waals surface area contributed by atoms with Crippen molar-refractivity contribution in [1.29, 1.82) is 0 Å². The van der Waals surface area contributed by atoms with Gasteiger partial charge < -0.3 is 9.80 Å². The minimum absolute atomic E-state index is 0.0000877. The molecule has 0 spiro atoms. The van der Waals surface area contributed by atoms with Gasteiger partial charge in [-0.1, -0.05) is 42.5 Å². The molecule has 4 nitrogen and oxygen atoms in total. The van der Waals surface area contributed by atoms with E-state index in [-0.39, 0.29) is 29.6 Å². The minimum Gasteiger partial charge on any atom is -0.339 e. The molecule has 2 aromatic rings. The number of nitrogens with zero attached hydrogens (tertiary/aromatic N) is 2. The van der Waals surface area contributed by atoms with Crippen LogP contribution in [0.5, 0.6) is 0 Å². The van der Waals surface area contributed by atoms with E-state index >= 15 is 0 Å². The second-order valence-corrected chi connectivity index (χ2v) is 8.51. The Morgan fingerprint density at radius 2 is 1.74 bits per heavy atom. The Labute approximate surface area is 183 Å². The molecule has 5 heteroatoms. The molecule has 0 unspecified atom stereocenters.